The Bertz CT molecular complexity index is 700. The number of β-lactam (4-membered cyclic amide) rings is 1. The Hall–Kier alpha value is -2.16. The molecule has 0 spiro atoms. The number of carbonyl (C=O) groups excluding carboxylic acids is 1. The summed E-state index contributed by atoms with van der Waals surface area (Å²) in [6.07, 6.45) is 0.840. The van der Waals surface area contributed by atoms with Crippen molar-refractivity contribution in [2.45, 2.75) is 25.6 Å². The number of hydrogen-bond donors (Lipinski definition) is 2. The van der Waals surface area contributed by atoms with E-state index >= 15 is 0 Å². The van der Waals surface area contributed by atoms with Gasteiger partial charge in [-0.2, -0.15) is 0 Å². The molecule has 0 unspecified atom stereocenters. The van der Waals surface area contributed by atoms with E-state index in [0.29, 0.717) is 0 Å². The fourth-order valence-electron chi connectivity index (χ4n) is 2.23. The lowest BCUT2D eigenvalue weighted by Crippen LogP contribution is -2.59. The molecule has 2 N–H and O–H groups in total. The number of oxime groups is 1. The second-order valence-electron chi connectivity index (χ2n) is 4.50. The van der Waals surface area contributed by atoms with Crippen LogP contribution in [0.2, 0.25) is 0 Å². The maximum Gasteiger partial charge on any atom is 0.352 e. The first-order valence-corrected chi connectivity index (χ1v) is 7.17. The van der Waals surface area contributed by atoms with Crippen molar-refractivity contribution in [1.29, 1.82) is 0 Å². The average molecular weight is 300 g/mol. The van der Waals surface area contributed by atoms with Gasteiger partial charge in [-0.25, -0.2) is 13.2 Å². The first-order chi connectivity index (χ1) is 9.21. The summed E-state index contributed by atoms with van der Waals surface area (Å²) in [5.74, 6) is -1.91. The molecule has 1 saturated heterocycles. The molecule has 2 rings (SSSR count). The van der Waals surface area contributed by atoms with Crippen LogP contribution in [0.3, 0.4) is 0 Å². The molecule has 9 heteroatoms. The summed E-state index contributed by atoms with van der Waals surface area (Å²) in [7, 11) is -3.87. The summed E-state index contributed by atoms with van der Waals surface area (Å²) in [4.78, 5) is 23.3. The van der Waals surface area contributed by atoms with Gasteiger partial charge in [0.25, 0.3) is 0 Å². The number of fused-ring (bicyclic) bond motifs is 1. The fraction of sp³-hybridized carbons (Fsp3) is 0.364. The topological polar surface area (TPSA) is 124 Å². The number of carboxylic acid groups (broad SMARTS) is 1. The third-order valence-electron chi connectivity index (χ3n) is 3.24. The van der Waals surface area contributed by atoms with Gasteiger partial charge in [-0.15, -0.1) is 0 Å². The molecule has 0 saturated carbocycles. The van der Waals surface area contributed by atoms with E-state index in [1.807, 2.05) is 0 Å². The summed E-state index contributed by atoms with van der Waals surface area (Å²) in [6, 6.07) is 0. The Morgan fingerprint density at radius 1 is 1.50 bits per heavy atom. The fourth-order valence-corrected chi connectivity index (χ4v) is 4.25. The molecular formula is C11H12N2O6S. The molecule has 20 heavy (non-hydrogen) atoms. The van der Waals surface area contributed by atoms with Crippen molar-refractivity contribution >= 4 is 27.4 Å². The number of allylic oxidation sites excluding steroid dienone is 2. The van der Waals surface area contributed by atoms with Gasteiger partial charge >= 0.3 is 5.97 Å². The van der Waals surface area contributed by atoms with E-state index in [9.17, 15) is 23.1 Å². The van der Waals surface area contributed by atoms with Gasteiger partial charge in [0.05, 0.1) is 17.0 Å². The largest absolute Gasteiger partial charge is 0.477 e. The monoisotopic (exact) mass is 300 g/mol. The molecule has 2 aliphatic heterocycles. The SMILES string of the molecule is CC1=C(C(=O)O)N2C(=O)C[C@H]2S(=O)(=O)/C1=C\C(C)=N\O. The quantitative estimate of drug-likeness (QED) is 0.322. The highest BCUT2D eigenvalue weighted by atomic mass is 32.2. The molecule has 0 aromatic rings. The minimum absolute atomic E-state index is 0.0202. The second kappa shape index (κ2) is 4.44. The highest BCUT2D eigenvalue weighted by Crippen LogP contribution is 2.41. The Morgan fingerprint density at radius 2 is 2.10 bits per heavy atom. The summed E-state index contributed by atoms with van der Waals surface area (Å²) in [6.45, 7) is 2.67. The molecule has 0 radical (unpaired) electrons. The zero-order valence-corrected chi connectivity index (χ0v) is 11.5. The van der Waals surface area contributed by atoms with Gasteiger partial charge < -0.3 is 10.3 Å². The molecule has 1 amide bonds. The van der Waals surface area contributed by atoms with Gasteiger partial charge in [0, 0.05) is 0 Å². The van der Waals surface area contributed by atoms with Crippen LogP contribution in [-0.2, 0) is 19.4 Å². The summed E-state index contributed by atoms with van der Waals surface area (Å²) in [5.41, 5.74) is -0.380. The molecule has 1 atom stereocenters. The number of hydrogen-bond acceptors (Lipinski definition) is 6. The summed E-state index contributed by atoms with van der Waals surface area (Å²) in [5, 5.41) is 19.5. The van der Waals surface area contributed by atoms with Crippen LogP contribution in [0, 0.1) is 0 Å². The number of carbonyl (C=O) groups is 2. The Labute approximate surface area is 114 Å². The maximum absolute atomic E-state index is 12.3. The zero-order valence-electron chi connectivity index (χ0n) is 10.7. The number of amides is 1. The molecule has 8 nitrogen and oxygen atoms in total. The molecular weight excluding hydrogens is 288 g/mol. The van der Waals surface area contributed by atoms with E-state index in [0.717, 1.165) is 11.0 Å². The van der Waals surface area contributed by atoms with Crippen molar-refractivity contribution in [3.05, 3.63) is 22.3 Å². The molecule has 108 valence electrons. The minimum Gasteiger partial charge on any atom is -0.477 e. The molecule has 2 heterocycles. The van der Waals surface area contributed by atoms with Crippen molar-refractivity contribution in [2.24, 2.45) is 5.16 Å². The van der Waals surface area contributed by atoms with E-state index in [1.165, 1.54) is 13.8 Å². The van der Waals surface area contributed by atoms with Crippen molar-refractivity contribution in [2.75, 3.05) is 0 Å². The van der Waals surface area contributed by atoms with E-state index in [-0.39, 0.29) is 28.3 Å². The number of nitrogens with zero attached hydrogens (tertiary/aromatic N) is 2. The van der Waals surface area contributed by atoms with E-state index < -0.39 is 27.1 Å². The van der Waals surface area contributed by atoms with Gasteiger partial charge in [-0.3, -0.25) is 9.69 Å². The normalized spacial score (nSPS) is 27.4. The van der Waals surface area contributed by atoms with Crippen LogP contribution < -0.4 is 0 Å². The van der Waals surface area contributed by atoms with Gasteiger partial charge in [-0.05, 0) is 25.5 Å². The summed E-state index contributed by atoms with van der Waals surface area (Å²) >= 11 is 0. The summed E-state index contributed by atoms with van der Waals surface area (Å²) < 4.78 is 24.6. The van der Waals surface area contributed by atoms with Crippen LogP contribution in [0.5, 0.6) is 0 Å². The van der Waals surface area contributed by atoms with E-state index in [2.05, 4.69) is 5.16 Å². The van der Waals surface area contributed by atoms with Crippen molar-refractivity contribution in [3.8, 4) is 0 Å². The zero-order chi connectivity index (χ0) is 15.2. The highest BCUT2D eigenvalue weighted by molar-refractivity contribution is 7.96. The number of sulfone groups is 1. The Balaban J connectivity index is 2.74. The van der Waals surface area contributed by atoms with E-state index in [1.54, 1.807) is 0 Å². The number of carboxylic acids is 1. The third kappa shape index (κ3) is 1.82. The van der Waals surface area contributed by atoms with Crippen LogP contribution in [0.25, 0.3) is 0 Å². The van der Waals surface area contributed by atoms with Crippen LogP contribution in [0.4, 0.5) is 0 Å². The van der Waals surface area contributed by atoms with Gasteiger partial charge in [0.2, 0.25) is 15.7 Å². The maximum atomic E-state index is 12.3. The van der Waals surface area contributed by atoms with Crippen molar-refractivity contribution < 1.29 is 28.3 Å². The molecule has 2 aliphatic rings. The molecule has 0 aliphatic carbocycles. The number of rotatable bonds is 2. The van der Waals surface area contributed by atoms with Crippen LogP contribution >= 0.6 is 0 Å². The van der Waals surface area contributed by atoms with Crippen molar-refractivity contribution in [3.63, 3.8) is 0 Å². The first kappa shape index (κ1) is 14.3. The lowest BCUT2D eigenvalue weighted by atomic mass is 10.1. The van der Waals surface area contributed by atoms with Crippen LogP contribution in [0.15, 0.2) is 27.4 Å². The van der Waals surface area contributed by atoms with Crippen LogP contribution in [0.1, 0.15) is 20.3 Å². The minimum atomic E-state index is -3.87. The lowest BCUT2D eigenvalue weighted by Gasteiger charge is -2.44. The predicted molar refractivity (Wildman–Crippen MR) is 67.5 cm³/mol. The smallest absolute Gasteiger partial charge is 0.352 e. The molecule has 0 bridgehead atoms. The van der Waals surface area contributed by atoms with Crippen LogP contribution in [-0.4, -0.2) is 46.6 Å². The van der Waals surface area contributed by atoms with Gasteiger partial charge in [-0.1, -0.05) is 5.16 Å². The third-order valence-corrected chi connectivity index (χ3v) is 5.37. The van der Waals surface area contributed by atoms with Gasteiger partial charge in [0.1, 0.15) is 5.70 Å². The molecule has 0 aromatic carbocycles. The highest BCUT2D eigenvalue weighted by Gasteiger charge is 2.54. The predicted octanol–water partition coefficient (Wildman–Crippen LogP) is 0.0658. The molecule has 1 fully saturated rings. The Morgan fingerprint density at radius 3 is 2.55 bits per heavy atom. The standard InChI is InChI=1S/C11H12N2O6S/c1-5(12-17)3-7-6(2)10(11(15)16)13-8(14)4-9(13)20(7,18)19/h3,9,17H,4H2,1-2H3,(H,15,16)/b7-3-,12-5+/t9-/m1/s1. The lowest BCUT2D eigenvalue weighted by molar-refractivity contribution is -0.146. The van der Waals surface area contributed by atoms with E-state index in [4.69, 9.17) is 5.21 Å². The molecule has 0 aromatic heterocycles. The average Bonchev–Trinajstić information content (AvgIpc) is 2.35. The first-order valence-electron chi connectivity index (χ1n) is 5.62. The van der Waals surface area contributed by atoms with Gasteiger partial charge in [0.15, 0.2) is 5.37 Å². The Kier molecular flexibility index (Phi) is 3.17. The second-order valence-corrected chi connectivity index (χ2v) is 6.57. The number of aliphatic carboxylic acids is 1. The van der Waals surface area contributed by atoms with Crippen molar-refractivity contribution in [1.82, 2.24) is 4.90 Å².